The van der Waals surface area contributed by atoms with Crippen molar-refractivity contribution in [3.05, 3.63) is 77.6 Å². The molecule has 0 unspecified atom stereocenters. The Morgan fingerprint density at radius 2 is 1.67 bits per heavy atom. The largest absolute Gasteiger partial charge is 0.492 e. The van der Waals surface area contributed by atoms with Gasteiger partial charge >= 0.3 is 0 Å². The minimum absolute atomic E-state index is 0.0209. The summed E-state index contributed by atoms with van der Waals surface area (Å²) in [5, 5.41) is 0. The smallest absolute Gasteiger partial charge is 0.268 e. The van der Waals surface area contributed by atoms with E-state index in [-0.39, 0.29) is 11.0 Å². The molecule has 1 aliphatic carbocycles. The van der Waals surface area contributed by atoms with Crippen LogP contribution in [0.1, 0.15) is 75.0 Å². The molecule has 0 spiro atoms. The van der Waals surface area contributed by atoms with Crippen molar-refractivity contribution in [1.82, 2.24) is 14.6 Å². The van der Waals surface area contributed by atoms with E-state index in [1.165, 1.54) is 24.3 Å². The Morgan fingerprint density at radius 3 is 2.27 bits per heavy atom. The number of rotatable bonds is 13. The maximum absolute atomic E-state index is 15.0. The number of benzene rings is 2. The van der Waals surface area contributed by atoms with Gasteiger partial charge < -0.3 is 19.1 Å². The van der Waals surface area contributed by atoms with E-state index in [0.717, 1.165) is 50.9 Å². The summed E-state index contributed by atoms with van der Waals surface area (Å²) in [6.07, 6.45) is 5.33. The lowest BCUT2D eigenvalue weighted by Crippen LogP contribution is -2.41. The van der Waals surface area contributed by atoms with Crippen LogP contribution in [0.3, 0.4) is 0 Å². The Bertz CT molecular complexity index is 1570. The summed E-state index contributed by atoms with van der Waals surface area (Å²) in [4.78, 5) is 19.3. The number of hydrogen-bond donors (Lipinski definition) is 1. The van der Waals surface area contributed by atoms with E-state index in [4.69, 9.17) is 14.2 Å². The van der Waals surface area contributed by atoms with Crippen LogP contribution < -0.4 is 18.9 Å². The first-order valence-corrected chi connectivity index (χ1v) is 16.8. The SMILES string of the molecule is CC[C@@H](Oc1ccc(C(=O)NS(=O)(=O)c2ccc(OC3CCN(C(C)C)CC3)cc2)c(F)c1F)c1ccc(OCC2CC2)cn1. The zero-order valence-corrected chi connectivity index (χ0v) is 26.5. The zero-order valence-electron chi connectivity index (χ0n) is 25.7. The Balaban J connectivity index is 1.19. The molecule has 1 N–H and O–H groups in total. The molecule has 1 atom stereocenters. The second-order valence-corrected chi connectivity index (χ2v) is 13.5. The van der Waals surface area contributed by atoms with Crippen molar-refractivity contribution in [3.63, 3.8) is 0 Å². The number of nitrogens with zero attached hydrogens (tertiary/aromatic N) is 2. The lowest BCUT2D eigenvalue weighted by Gasteiger charge is -2.34. The molecule has 1 amide bonds. The van der Waals surface area contributed by atoms with E-state index < -0.39 is 45.0 Å². The van der Waals surface area contributed by atoms with Crippen molar-refractivity contribution < 1.29 is 36.2 Å². The molecule has 1 aromatic heterocycles. The van der Waals surface area contributed by atoms with Crippen LogP contribution >= 0.6 is 0 Å². The highest BCUT2D eigenvalue weighted by molar-refractivity contribution is 7.90. The highest BCUT2D eigenvalue weighted by Gasteiger charge is 2.27. The van der Waals surface area contributed by atoms with Gasteiger partial charge in [0.2, 0.25) is 5.82 Å². The molecule has 9 nitrogen and oxygen atoms in total. The number of aromatic nitrogens is 1. The third-order valence-corrected chi connectivity index (χ3v) is 9.42. The number of nitrogens with one attached hydrogen (secondary N) is 1. The van der Waals surface area contributed by atoms with E-state index in [2.05, 4.69) is 23.7 Å². The third kappa shape index (κ3) is 8.29. The summed E-state index contributed by atoms with van der Waals surface area (Å²) >= 11 is 0. The summed E-state index contributed by atoms with van der Waals surface area (Å²) in [7, 11) is -4.38. The zero-order chi connectivity index (χ0) is 32.1. The summed E-state index contributed by atoms with van der Waals surface area (Å²) in [6, 6.07) is 11.6. The van der Waals surface area contributed by atoms with Crippen LogP contribution in [0.2, 0.25) is 0 Å². The van der Waals surface area contributed by atoms with Crippen molar-refractivity contribution in [2.24, 2.45) is 5.92 Å². The molecule has 0 radical (unpaired) electrons. The molecule has 12 heteroatoms. The van der Waals surface area contributed by atoms with Gasteiger partial charge in [0.05, 0.1) is 29.0 Å². The maximum Gasteiger partial charge on any atom is 0.268 e. The molecule has 2 heterocycles. The average Bonchev–Trinajstić information content (AvgIpc) is 3.86. The number of ether oxygens (including phenoxy) is 3. The second kappa shape index (κ2) is 14.1. The van der Waals surface area contributed by atoms with Crippen LogP contribution in [0, 0.1) is 17.6 Å². The number of hydrogen-bond acceptors (Lipinski definition) is 8. The first kappa shape index (κ1) is 32.6. The van der Waals surface area contributed by atoms with Gasteiger partial charge in [-0.2, -0.15) is 4.39 Å². The van der Waals surface area contributed by atoms with Gasteiger partial charge in [-0.25, -0.2) is 17.5 Å². The van der Waals surface area contributed by atoms with Crippen molar-refractivity contribution >= 4 is 15.9 Å². The molecule has 2 fully saturated rings. The number of sulfonamides is 1. The van der Waals surface area contributed by atoms with Crippen LogP contribution in [0.15, 0.2) is 59.6 Å². The fourth-order valence-electron chi connectivity index (χ4n) is 5.11. The monoisotopic (exact) mass is 643 g/mol. The molecule has 2 aromatic carbocycles. The number of halogens is 2. The minimum Gasteiger partial charge on any atom is -0.492 e. The Hall–Kier alpha value is -3.77. The third-order valence-electron chi connectivity index (χ3n) is 8.07. The summed E-state index contributed by atoms with van der Waals surface area (Å²) in [5.74, 6) is -2.97. The van der Waals surface area contributed by atoms with Gasteiger partial charge in [-0.3, -0.25) is 9.78 Å². The Kier molecular flexibility index (Phi) is 10.2. The van der Waals surface area contributed by atoms with Crippen LogP contribution in [-0.2, 0) is 10.0 Å². The van der Waals surface area contributed by atoms with Crippen molar-refractivity contribution in [3.8, 4) is 17.2 Å². The molecule has 242 valence electrons. The number of amides is 1. The van der Waals surface area contributed by atoms with E-state index in [1.807, 2.05) is 4.72 Å². The molecule has 1 aliphatic heterocycles. The van der Waals surface area contributed by atoms with E-state index in [1.54, 1.807) is 25.3 Å². The molecule has 3 aromatic rings. The number of carbonyl (C=O) groups is 1. The highest BCUT2D eigenvalue weighted by Crippen LogP contribution is 2.31. The lowest BCUT2D eigenvalue weighted by molar-refractivity contribution is 0.0843. The second-order valence-electron chi connectivity index (χ2n) is 11.8. The van der Waals surface area contributed by atoms with Crippen LogP contribution in [0.25, 0.3) is 0 Å². The van der Waals surface area contributed by atoms with Gasteiger partial charge in [0, 0.05) is 19.1 Å². The number of carbonyl (C=O) groups excluding carboxylic acids is 1. The van der Waals surface area contributed by atoms with Gasteiger partial charge in [0.1, 0.15) is 23.7 Å². The standard InChI is InChI=1S/C33H39F2N3O6S/c1-4-29(28-13-9-25(19-36-28)42-20-22-5-6-22)44-30-14-12-27(31(34)32(30)35)33(39)37-45(40,41)26-10-7-23(8-11-26)43-24-15-17-38(18-16-24)21(2)3/h7-14,19,21-22,24,29H,4-6,15-18,20H2,1-3H3,(H,37,39)/t29-/m1/s1. The highest BCUT2D eigenvalue weighted by atomic mass is 32.2. The molecular weight excluding hydrogens is 604 g/mol. The number of pyridine rings is 1. The fraction of sp³-hybridized carbons (Fsp3) is 0.455. The topological polar surface area (TPSA) is 107 Å². The van der Waals surface area contributed by atoms with Crippen molar-refractivity contribution in [2.75, 3.05) is 19.7 Å². The fourth-order valence-corrected chi connectivity index (χ4v) is 6.07. The average molecular weight is 644 g/mol. The quantitative estimate of drug-likeness (QED) is 0.240. The Morgan fingerprint density at radius 1 is 0.978 bits per heavy atom. The van der Waals surface area contributed by atoms with Crippen molar-refractivity contribution in [1.29, 1.82) is 0 Å². The first-order valence-electron chi connectivity index (χ1n) is 15.3. The van der Waals surface area contributed by atoms with Gasteiger partial charge in [-0.15, -0.1) is 0 Å². The van der Waals surface area contributed by atoms with Gasteiger partial charge in [-0.1, -0.05) is 6.92 Å². The normalized spacial score (nSPS) is 16.8. The van der Waals surface area contributed by atoms with Crippen molar-refractivity contribution in [2.45, 2.75) is 76.0 Å². The van der Waals surface area contributed by atoms with Gasteiger partial charge in [-0.05, 0) is 100 Å². The molecule has 1 saturated carbocycles. The van der Waals surface area contributed by atoms with Crippen LogP contribution in [0.5, 0.6) is 17.2 Å². The van der Waals surface area contributed by atoms with E-state index in [0.29, 0.717) is 42.2 Å². The summed E-state index contributed by atoms with van der Waals surface area (Å²) in [5.41, 5.74) is -0.281. The molecule has 2 aliphatic rings. The molecule has 1 saturated heterocycles. The van der Waals surface area contributed by atoms with Crippen LogP contribution in [-0.4, -0.2) is 56.1 Å². The molecule has 45 heavy (non-hydrogen) atoms. The summed E-state index contributed by atoms with van der Waals surface area (Å²) in [6.45, 7) is 8.60. The number of likely N-dealkylation sites (tertiary alicyclic amines) is 1. The van der Waals surface area contributed by atoms with Gasteiger partial charge in [0.25, 0.3) is 15.9 Å². The molecular formula is C33H39F2N3O6S. The van der Waals surface area contributed by atoms with Crippen LogP contribution in [0.4, 0.5) is 8.78 Å². The number of piperidine rings is 1. The lowest BCUT2D eigenvalue weighted by atomic mass is 10.1. The molecule has 5 rings (SSSR count). The maximum atomic E-state index is 15.0. The predicted molar refractivity (Wildman–Crippen MR) is 164 cm³/mol. The van der Waals surface area contributed by atoms with E-state index >= 15 is 8.78 Å². The van der Waals surface area contributed by atoms with E-state index in [9.17, 15) is 13.2 Å². The minimum atomic E-state index is -4.38. The first-order chi connectivity index (χ1) is 21.5. The predicted octanol–water partition coefficient (Wildman–Crippen LogP) is 6.05. The summed E-state index contributed by atoms with van der Waals surface area (Å²) < 4.78 is 75.1. The molecule has 0 bridgehead atoms. The Labute approximate surface area is 262 Å². The van der Waals surface area contributed by atoms with Gasteiger partial charge in [0.15, 0.2) is 11.6 Å².